The average molecular weight is 477 g/mol. The van der Waals surface area contributed by atoms with Crippen molar-refractivity contribution >= 4 is 46.6 Å². The maximum atomic E-state index is 12.3. The number of carbonyl (C=O) groups excluding carboxylic acids is 1. The predicted molar refractivity (Wildman–Crippen MR) is 126 cm³/mol. The number of carbonyl (C=O) groups is 1. The fourth-order valence-corrected chi connectivity index (χ4v) is 4.19. The lowest BCUT2D eigenvalue weighted by molar-refractivity contribution is -0.113. The van der Waals surface area contributed by atoms with E-state index >= 15 is 0 Å². The Morgan fingerprint density at radius 3 is 2.61 bits per heavy atom. The molecule has 0 fully saturated rings. The van der Waals surface area contributed by atoms with Crippen molar-refractivity contribution in [2.24, 2.45) is 0 Å². The van der Waals surface area contributed by atoms with Crippen molar-refractivity contribution in [1.29, 1.82) is 0 Å². The summed E-state index contributed by atoms with van der Waals surface area (Å²) in [6, 6.07) is 10.9. The van der Waals surface area contributed by atoms with E-state index in [0.717, 1.165) is 11.3 Å². The molecule has 6 nitrogen and oxygen atoms in total. The monoisotopic (exact) mass is 476 g/mol. The summed E-state index contributed by atoms with van der Waals surface area (Å²) in [5.74, 6) is 1.40. The van der Waals surface area contributed by atoms with Crippen LogP contribution in [0.1, 0.15) is 17.0 Å². The summed E-state index contributed by atoms with van der Waals surface area (Å²) < 4.78 is 7.81. The van der Waals surface area contributed by atoms with E-state index in [4.69, 9.17) is 27.9 Å². The molecule has 0 saturated carbocycles. The maximum absolute atomic E-state index is 12.3. The molecule has 9 heteroatoms. The molecule has 3 aromatic rings. The summed E-state index contributed by atoms with van der Waals surface area (Å²) in [5, 5.41) is 12.7. The number of thioether (sulfide) groups is 1. The van der Waals surface area contributed by atoms with Crippen molar-refractivity contribution in [3.63, 3.8) is 0 Å². The Kier molecular flexibility index (Phi) is 8.01. The zero-order chi connectivity index (χ0) is 22.4. The minimum atomic E-state index is -0.204. The third kappa shape index (κ3) is 6.50. The number of ether oxygens (including phenoxy) is 1. The molecule has 31 heavy (non-hydrogen) atoms. The lowest BCUT2D eigenvalue weighted by Crippen LogP contribution is -2.15. The highest BCUT2D eigenvalue weighted by molar-refractivity contribution is 7.99. The molecule has 2 aromatic carbocycles. The van der Waals surface area contributed by atoms with Crippen molar-refractivity contribution in [3.05, 3.63) is 76.0 Å². The second-order valence-corrected chi connectivity index (χ2v) is 8.67. The molecule has 0 saturated heterocycles. The van der Waals surface area contributed by atoms with Crippen LogP contribution in [-0.2, 0) is 17.9 Å². The molecule has 0 bridgehead atoms. The smallest absolute Gasteiger partial charge is 0.234 e. The van der Waals surface area contributed by atoms with E-state index in [1.165, 1.54) is 17.3 Å². The molecular weight excluding hydrogens is 455 g/mol. The molecule has 1 amide bonds. The fraction of sp³-hybridized carbons (Fsp3) is 0.227. The molecule has 0 unspecified atom stereocenters. The van der Waals surface area contributed by atoms with Gasteiger partial charge in [-0.05, 0) is 43.7 Å². The predicted octanol–water partition coefficient (Wildman–Crippen LogP) is 5.70. The third-order valence-electron chi connectivity index (χ3n) is 4.27. The summed E-state index contributed by atoms with van der Waals surface area (Å²) in [7, 11) is 0. The molecule has 0 atom stereocenters. The van der Waals surface area contributed by atoms with Gasteiger partial charge in [0.15, 0.2) is 11.0 Å². The van der Waals surface area contributed by atoms with Gasteiger partial charge in [-0.2, -0.15) is 0 Å². The summed E-state index contributed by atoms with van der Waals surface area (Å²) in [5.41, 5.74) is 2.78. The van der Waals surface area contributed by atoms with Crippen LogP contribution in [0.3, 0.4) is 0 Å². The SMILES string of the molecule is C=CCn1c(COc2ccc(C)cc2C)nnc1SCC(=O)Nc1cc(Cl)cc(Cl)c1. The Hall–Kier alpha value is -2.48. The van der Waals surface area contributed by atoms with Crippen LogP contribution in [0.4, 0.5) is 5.69 Å². The normalized spacial score (nSPS) is 10.7. The minimum Gasteiger partial charge on any atom is -0.485 e. The van der Waals surface area contributed by atoms with Crippen molar-refractivity contribution < 1.29 is 9.53 Å². The van der Waals surface area contributed by atoms with Gasteiger partial charge in [-0.15, -0.1) is 16.8 Å². The van der Waals surface area contributed by atoms with Crippen LogP contribution < -0.4 is 10.1 Å². The van der Waals surface area contributed by atoms with Gasteiger partial charge in [-0.25, -0.2) is 0 Å². The number of anilines is 1. The minimum absolute atomic E-state index is 0.150. The van der Waals surface area contributed by atoms with E-state index in [0.29, 0.717) is 33.3 Å². The first-order valence-corrected chi connectivity index (χ1v) is 11.2. The second-order valence-electron chi connectivity index (χ2n) is 6.85. The quantitative estimate of drug-likeness (QED) is 0.316. The number of hydrogen-bond acceptors (Lipinski definition) is 5. The molecule has 1 heterocycles. The Labute approximate surface area is 195 Å². The van der Waals surface area contributed by atoms with Crippen molar-refractivity contribution in [1.82, 2.24) is 14.8 Å². The summed E-state index contributed by atoms with van der Waals surface area (Å²) in [6.07, 6.45) is 1.75. The van der Waals surface area contributed by atoms with E-state index in [2.05, 4.69) is 28.2 Å². The molecule has 0 aliphatic rings. The van der Waals surface area contributed by atoms with Crippen LogP contribution in [-0.4, -0.2) is 26.4 Å². The van der Waals surface area contributed by atoms with Gasteiger partial charge < -0.3 is 10.1 Å². The Morgan fingerprint density at radius 2 is 1.94 bits per heavy atom. The Balaban J connectivity index is 1.64. The molecule has 162 valence electrons. The largest absolute Gasteiger partial charge is 0.485 e. The molecule has 1 N–H and O–H groups in total. The number of benzene rings is 2. The number of nitrogens with one attached hydrogen (secondary N) is 1. The second kappa shape index (κ2) is 10.7. The summed E-state index contributed by atoms with van der Waals surface area (Å²) in [4.78, 5) is 12.3. The number of halogens is 2. The number of aryl methyl sites for hydroxylation is 2. The van der Waals surface area contributed by atoms with Gasteiger partial charge in [0.25, 0.3) is 0 Å². The van der Waals surface area contributed by atoms with Crippen LogP contribution >= 0.6 is 35.0 Å². The van der Waals surface area contributed by atoms with Gasteiger partial charge in [0.2, 0.25) is 5.91 Å². The molecule has 0 aliphatic heterocycles. The zero-order valence-electron chi connectivity index (χ0n) is 17.2. The molecular formula is C22H22Cl2N4O2S. The van der Waals surface area contributed by atoms with E-state index in [1.54, 1.807) is 24.3 Å². The summed E-state index contributed by atoms with van der Waals surface area (Å²) in [6.45, 7) is 8.61. The number of amides is 1. The van der Waals surface area contributed by atoms with Gasteiger partial charge in [0.05, 0.1) is 5.75 Å². The first-order valence-electron chi connectivity index (χ1n) is 9.47. The average Bonchev–Trinajstić information content (AvgIpc) is 3.07. The molecule has 1 aromatic heterocycles. The molecule has 0 aliphatic carbocycles. The Morgan fingerprint density at radius 1 is 1.19 bits per heavy atom. The number of hydrogen-bond donors (Lipinski definition) is 1. The van der Waals surface area contributed by atoms with Gasteiger partial charge in [0.1, 0.15) is 12.4 Å². The van der Waals surface area contributed by atoms with Crippen LogP contribution in [0, 0.1) is 13.8 Å². The highest BCUT2D eigenvalue weighted by Gasteiger charge is 2.15. The van der Waals surface area contributed by atoms with E-state index < -0.39 is 0 Å². The van der Waals surface area contributed by atoms with Gasteiger partial charge in [0, 0.05) is 22.3 Å². The molecule has 0 radical (unpaired) electrons. The number of allylic oxidation sites excluding steroid dienone is 1. The highest BCUT2D eigenvalue weighted by Crippen LogP contribution is 2.24. The lowest BCUT2D eigenvalue weighted by atomic mass is 10.1. The van der Waals surface area contributed by atoms with Crippen molar-refractivity contribution in [2.45, 2.75) is 32.2 Å². The Bertz CT molecular complexity index is 1080. The van der Waals surface area contributed by atoms with Crippen LogP contribution in [0.25, 0.3) is 0 Å². The number of rotatable bonds is 9. The zero-order valence-corrected chi connectivity index (χ0v) is 19.5. The van der Waals surface area contributed by atoms with E-state index in [1.807, 2.05) is 30.5 Å². The van der Waals surface area contributed by atoms with Gasteiger partial charge in [-0.3, -0.25) is 9.36 Å². The number of aromatic nitrogens is 3. The maximum Gasteiger partial charge on any atom is 0.234 e. The molecule has 0 spiro atoms. The van der Waals surface area contributed by atoms with Crippen molar-refractivity contribution in [2.75, 3.05) is 11.1 Å². The van der Waals surface area contributed by atoms with Crippen LogP contribution in [0.2, 0.25) is 10.0 Å². The highest BCUT2D eigenvalue weighted by atomic mass is 35.5. The standard InChI is InChI=1S/C22H22Cl2N4O2S/c1-4-7-28-20(12-30-19-6-5-14(2)8-15(19)3)26-27-22(28)31-13-21(29)25-18-10-16(23)9-17(24)11-18/h4-6,8-11H,1,7,12-13H2,2-3H3,(H,25,29). The number of nitrogens with zero attached hydrogens (tertiary/aromatic N) is 3. The lowest BCUT2D eigenvalue weighted by Gasteiger charge is -2.11. The van der Waals surface area contributed by atoms with Gasteiger partial charge >= 0.3 is 0 Å². The summed E-state index contributed by atoms with van der Waals surface area (Å²) >= 11 is 13.2. The van der Waals surface area contributed by atoms with Gasteiger partial charge in [-0.1, -0.05) is 58.7 Å². The fourth-order valence-electron chi connectivity index (χ4n) is 2.90. The third-order valence-corrected chi connectivity index (χ3v) is 5.67. The van der Waals surface area contributed by atoms with E-state index in [-0.39, 0.29) is 18.3 Å². The van der Waals surface area contributed by atoms with Crippen molar-refractivity contribution in [3.8, 4) is 5.75 Å². The van der Waals surface area contributed by atoms with E-state index in [9.17, 15) is 4.79 Å². The topological polar surface area (TPSA) is 69.0 Å². The first kappa shape index (κ1) is 23.2. The van der Waals surface area contributed by atoms with Crippen LogP contribution in [0.15, 0.2) is 54.2 Å². The molecule has 3 rings (SSSR count). The van der Waals surface area contributed by atoms with Crippen LogP contribution in [0.5, 0.6) is 5.75 Å². The first-order chi connectivity index (χ1) is 14.9.